The molecule has 0 unspecified atom stereocenters. The van der Waals surface area contributed by atoms with Crippen LogP contribution in [0.3, 0.4) is 0 Å². The molecule has 3 heterocycles. The minimum absolute atomic E-state index is 0.700. The molecule has 18 heavy (non-hydrogen) atoms. The Hall–Kier alpha value is -1.09. The number of thiophene rings is 2. The van der Waals surface area contributed by atoms with Crippen molar-refractivity contribution >= 4 is 41.3 Å². The Morgan fingerprint density at radius 2 is 1.50 bits per heavy atom. The van der Waals surface area contributed by atoms with E-state index in [1.807, 2.05) is 33.7 Å². The van der Waals surface area contributed by atoms with Crippen LogP contribution in [-0.2, 0) is 9.30 Å². The fourth-order valence-corrected chi connectivity index (χ4v) is 4.45. The molecule has 0 bridgehead atoms. The van der Waals surface area contributed by atoms with Crippen molar-refractivity contribution in [1.29, 1.82) is 0 Å². The molecular formula is C13H11O2PS2. The summed E-state index contributed by atoms with van der Waals surface area (Å²) in [5.74, 6) is 4.88. The van der Waals surface area contributed by atoms with Crippen molar-refractivity contribution in [3.63, 3.8) is 0 Å². The molecule has 2 aromatic heterocycles. The van der Waals surface area contributed by atoms with Crippen LogP contribution in [0.4, 0.5) is 0 Å². The average molecular weight is 294 g/mol. The molecule has 0 radical (unpaired) electrons. The molecule has 5 heteroatoms. The summed E-state index contributed by atoms with van der Waals surface area (Å²) in [7, 11) is -2.42. The third kappa shape index (κ3) is 2.37. The van der Waals surface area contributed by atoms with E-state index in [0.717, 1.165) is 11.1 Å². The summed E-state index contributed by atoms with van der Waals surface area (Å²) in [5.41, 5.74) is 1.98. The Morgan fingerprint density at radius 3 is 1.89 bits per heavy atom. The second kappa shape index (κ2) is 4.54. The fraction of sp³-hybridized carbons (Fsp3) is 0.0769. The van der Waals surface area contributed by atoms with Crippen molar-refractivity contribution in [2.45, 2.75) is 0 Å². The molecule has 0 saturated carbocycles. The highest BCUT2D eigenvalue weighted by molar-refractivity contribution is 7.69. The van der Waals surface area contributed by atoms with Crippen LogP contribution in [0.25, 0.3) is 11.5 Å². The van der Waals surface area contributed by atoms with Gasteiger partial charge in [-0.1, -0.05) is 0 Å². The van der Waals surface area contributed by atoms with Crippen molar-refractivity contribution in [3.8, 4) is 0 Å². The summed E-state index contributed by atoms with van der Waals surface area (Å²) in [6.45, 7) is 1.76. The van der Waals surface area contributed by atoms with Gasteiger partial charge in [-0.15, -0.1) is 0 Å². The number of hydrogen-bond donors (Lipinski definition) is 0. The first-order valence-corrected chi connectivity index (χ1v) is 9.57. The molecule has 0 fully saturated rings. The van der Waals surface area contributed by atoms with E-state index in [1.165, 1.54) is 0 Å². The quantitative estimate of drug-likeness (QED) is 0.718. The predicted octanol–water partition coefficient (Wildman–Crippen LogP) is 5.13. The third-order valence-corrected chi connectivity index (χ3v) is 5.44. The minimum Gasteiger partial charge on any atom is -0.456 e. The lowest BCUT2D eigenvalue weighted by Crippen LogP contribution is -1.96. The molecule has 0 spiro atoms. The van der Waals surface area contributed by atoms with Gasteiger partial charge in [0.1, 0.15) is 18.7 Å². The maximum Gasteiger partial charge on any atom is 0.139 e. The molecule has 3 rings (SSSR count). The van der Waals surface area contributed by atoms with Crippen LogP contribution in [0.1, 0.15) is 11.1 Å². The highest BCUT2D eigenvalue weighted by Gasteiger charge is 2.22. The fourth-order valence-electron chi connectivity index (χ4n) is 1.75. The largest absolute Gasteiger partial charge is 0.456 e. The zero-order valence-corrected chi connectivity index (χ0v) is 12.2. The lowest BCUT2D eigenvalue weighted by atomic mass is 10.3. The van der Waals surface area contributed by atoms with Crippen LogP contribution in [0.15, 0.2) is 45.3 Å². The monoisotopic (exact) mass is 294 g/mol. The topological polar surface area (TPSA) is 26.3 Å². The number of ether oxygens (including phenoxy) is 1. The Balaban J connectivity index is 2.02. The first-order chi connectivity index (χ1) is 8.64. The van der Waals surface area contributed by atoms with Gasteiger partial charge in [0.25, 0.3) is 0 Å². The molecule has 0 amide bonds. The van der Waals surface area contributed by atoms with Gasteiger partial charge in [0, 0.05) is 33.5 Å². The maximum atomic E-state index is 12.4. The molecule has 2 aromatic rings. The minimum atomic E-state index is -2.42. The van der Waals surface area contributed by atoms with Gasteiger partial charge in [-0.2, -0.15) is 22.7 Å². The van der Waals surface area contributed by atoms with Crippen molar-refractivity contribution in [3.05, 3.63) is 56.4 Å². The van der Waals surface area contributed by atoms with Gasteiger partial charge in [-0.3, -0.25) is 0 Å². The molecule has 0 N–H and O–H groups in total. The smallest absolute Gasteiger partial charge is 0.139 e. The van der Waals surface area contributed by atoms with E-state index in [4.69, 9.17) is 4.74 Å². The first kappa shape index (κ1) is 12.0. The summed E-state index contributed by atoms with van der Waals surface area (Å²) >= 11 is 3.21. The van der Waals surface area contributed by atoms with Crippen LogP contribution in [0, 0.1) is 0 Å². The van der Waals surface area contributed by atoms with Crippen molar-refractivity contribution in [2.75, 3.05) is 6.66 Å². The van der Waals surface area contributed by atoms with Crippen LogP contribution in [0.5, 0.6) is 0 Å². The Morgan fingerprint density at radius 1 is 1.00 bits per heavy atom. The highest BCUT2D eigenvalue weighted by atomic mass is 32.1. The number of hydrogen-bond acceptors (Lipinski definition) is 4. The van der Waals surface area contributed by atoms with Crippen molar-refractivity contribution in [1.82, 2.24) is 0 Å². The first-order valence-electron chi connectivity index (χ1n) is 5.40. The van der Waals surface area contributed by atoms with Gasteiger partial charge in [0.2, 0.25) is 0 Å². The molecule has 0 aromatic carbocycles. The van der Waals surface area contributed by atoms with E-state index in [9.17, 15) is 4.57 Å². The Kier molecular flexibility index (Phi) is 3.02. The molecule has 2 nitrogen and oxygen atoms in total. The third-order valence-electron chi connectivity index (χ3n) is 2.58. The highest BCUT2D eigenvalue weighted by Crippen LogP contribution is 2.53. The van der Waals surface area contributed by atoms with Gasteiger partial charge in [-0.25, -0.2) is 0 Å². The van der Waals surface area contributed by atoms with Gasteiger partial charge >= 0.3 is 0 Å². The standard InChI is InChI=1S/C13H11O2PS2/c1-16(14)6-12(10-2-4-17-8-10)15-13(7-16)11-3-5-18-9-11/h2-9H,1H3. The lowest BCUT2D eigenvalue weighted by Gasteiger charge is -2.19. The summed E-state index contributed by atoms with van der Waals surface area (Å²) in [6, 6.07) is 3.96. The van der Waals surface area contributed by atoms with E-state index >= 15 is 0 Å². The molecule has 1 aliphatic rings. The summed E-state index contributed by atoms with van der Waals surface area (Å²) < 4.78 is 18.3. The second-order valence-corrected chi connectivity index (χ2v) is 8.37. The molecule has 0 atom stereocenters. The summed E-state index contributed by atoms with van der Waals surface area (Å²) in [5, 5.41) is 7.98. The normalized spacial score (nSPS) is 17.8. The molecular weight excluding hydrogens is 283 g/mol. The van der Waals surface area contributed by atoms with Crippen LogP contribution in [-0.4, -0.2) is 6.66 Å². The molecule has 0 saturated heterocycles. The molecule has 0 aliphatic carbocycles. The second-order valence-electron chi connectivity index (χ2n) is 4.17. The molecule has 1 aliphatic heterocycles. The van der Waals surface area contributed by atoms with Crippen LogP contribution >= 0.6 is 29.8 Å². The van der Waals surface area contributed by atoms with E-state index < -0.39 is 7.14 Å². The van der Waals surface area contributed by atoms with Gasteiger partial charge in [-0.05, 0) is 29.6 Å². The summed E-state index contributed by atoms with van der Waals surface area (Å²) in [6.07, 6.45) is 0. The van der Waals surface area contributed by atoms with E-state index in [0.29, 0.717) is 11.5 Å². The lowest BCUT2D eigenvalue weighted by molar-refractivity contribution is 0.469. The van der Waals surface area contributed by atoms with Gasteiger partial charge < -0.3 is 9.30 Å². The Labute approximate surface area is 114 Å². The average Bonchev–Trinajstić information content (AvgIpc) is 3.01. The van der Waals surface area contributed by atoms with E-state index in [2.05, 4.69) is 0 Å². The number of rotatable bonds is 2. The van der Waals surface area contributed by atoms with E-state index in [-0.39, 0.29) is 0 Å². The van der Waals surface area contributed by atoms with Crippen LogP contribution in [0.2, 0.25) is 0 Å². The van der Waals surface area contributed by atoms with Crippen molar-refractivity contribution in [2.24, 2.45) is 0 Å². The zero-order valence-electron chi connectivity index (χ0n) is 9.70. The van der Waals surface area contributed by atoms with Crippen molar-refractivity contribution < 1.29 is 9.30 Å². The van der Waals surface area contributed by atoms with Crippen LogP contribution < -0.4 is 0 Å². The zero-order chi connectivity index (χ0) is 12.6. The SMILES string of the molecule is CP1(=O)C=C(c2ccsc2)OC(c2ccsc2)=C1. The maximum absolute atomic E-state index is 12.4. The summed E-state index contributed by atoms with van der Waals surface area (Å²) in [4.78, 5) is 0. The predicted molar refractivity (Wildman–Crippen MR) is 79.2 cm³/mol. The van der Waals surface area contributed by atoms with Gasteiger partial charge in [0.15, 0.2) is 0 Å². The molecule has 92 valence electrons. The van der Waals surface area contributed by atoms with E-state index in [1.54, 1.807) is 41.0 Å². The van der Waals surface area contributed by atoms with Gasteiger partial charge in [0.05, 0.1) is 0 Å². The Bertz CT molecular complexity index is 597.